The van der Waals surface area contributed by atoms with Gasteiger partial charge in [0, 0.05) is 58.6 Å². The van der Waals surface area contributed by atoms with E-state index in [1.807, 2.05) is 0 Å². The Hall–Kier alpha value is 2.03. The van der Waals surface area contributed by atoms with Crippen molar-refractivity contribution in [3.63, 3.8) is 0 Å². The Labute approximate surface area is 85.7 Å². The van der Waals surface area contributed by atoms with Crippen molar-refractivity contribution < 1.29 is 77.7 Å². The van der Waals surface area contributed by atoms with Crippen LogP contribution in [0.3, 0.4) is 0 Å². The Kier molecular flexibility index (Phi) is 14.1. The third-order valence-electron chi connectivity index (χ3n) is 0. The van der Waals surface area contributed by atoms with Crippen LogP contribution in [0.2, 0.25) is 0 Å². The van der Waals surface area contributed by atoms with E-state index in [0.717, 1.165) is 0 Å². The topological polar surface area (TPSA) is 80.9 Å². The molecule has 0 unspecified atom stereocenters. The summed E-state index contributed by atoms with van der Waals surface area (Å²) < 4.78 is 0. The van der Waals surface area contributed by atoms with Gasteiger partial charge in [-0.3, -0.25) is 0 Å². The van der Waals surface area contributed by atoms with Gasteiger partial charge in [-0.2, -0.15) is 0 Å². The van der Waals surface area contributed by atoms with Gasteiger partial charge in [0.2, 0.25) is 0 Å². The molecule has 0 atom stereocenters. The molecule has 7 heteroatoms. The van der Waals surface area contributed by atoms with Gasteiger partial charge in [0.15, 0.2) is 0 Å². The zero-order valence-electron chi connectivity index (χ0n) is 3.44. The quantitative estimate of drug-likeness (QED) is 0.343. The van der Waals surface area contributed by atoms with Gasteiger partial charge < -0.3 is 19.2 Å². The molecule has 0 aromatic carbocycles. The second kappa shape index (κ2) is 6.16. The van der Waals surface area contributed by atoms with E-state index in [1.54, 1.807) is 0 Å². The van der Waals surface area contributed by atoms with Crippen LogP contribution in [-0.2, 0) is 58.6 Å². The molecule has 0 aliphatic rings. The molecule has 0 amide bonds. The smallest absolute Gasteiger partial charge is 0.368 e. The molecular weight excluding hydrogens is 226 g/mol. The third-order valence-corrected chi connectivity index (χ3v) is 0. The predicted molar refractivity (Wildman–Crippen MR) is 14.6 cm³/mol. The van der Waals surface area contributed by atoms with Crippen molar-refractivity contribution in [1.82, 2.24) is 0 Å². The Bertz CT molecular complexity index is 27.2. The average Bonchev–Trinajstić information content (AvgIpc) is 0.722. The predicted octanol–water partition coefficient (Wildman–Crippen LogP) is -2.61. The first-order valence-corrected chi connectivity index (χ1v) is 2.68. The van der Waals surface area contributed by atoms with Crippen LogP contribution in [0, 0.1) is 0 Å². The molecule has 2 radical (unpaired) electrons. The summed E-state index contributed by atoms with van der Waals surface area (Å²) in [5.41, 5.74) is 0. The fourth-order valence-corrected chi connectivity index (χ4v) is 0. The number of rotatable bonds is 0. The molecule has 0 rings (SSSR count). The summed E-state index contributed by atoms with van der Waals surface area (Å²) in [6.07, 6.45) is 0. The maximum atomic E-state index is 7.33. The monoisotopic (exact) mass is 230 g/mol. The Morgan fingerprint density at radius 2 is 0.857 bits per heavy atom. The van der Waals surface area contributed by atoms with E-state index >= 15 is 0 Å². The molecule has 0 fully saturated rings. The largest absolute Gasteiger partial charge is 0.668 e. The normalized spacial score (nSPS) is 8.57. The van der Waals surface area contributed by atoms with Crippen LogP contribution < -0.4 is 0 Å². The van der Waals surface area contributed by atoms with Gasteiger partial charge in [-0.15, -0.1) is 0 Å². The average molecular weight is 230 g/mol. The first-order chi connectivity index (χ1) is 2.00. The van der Waals surface area contributed by atoms with Crippen LogP contribution in [0.15, 0.2) is 0 Å². The maximum Gasteiger partial charge on any atom is 0.668 e. The molecule has 0 aromatic rings. The van der Waals surface area contributed by atoms with Gasteiger partial charge in [0.05, 0.1) is 0 Å². The SMILES string of the molecule is O[Si](O)(O)O.[Sc].[Y]. The van der Waals surface area contributed by atoms with Crippen molar-refractivity contribution in [1.29, 1.82) is 0 Å². The molecule has 0 heterocycles. The van der Waals surface area contributed by atoms with Gasteiger partial charge in [0.1, 0.15) is 0 Å². The molecule has 0 aromatic heterocycles. The number of hydrogen-bond donors (Lipinski definition) is 4. The molecule has 38 valence electrons. The fourth-order valence-electron chi connectivity index (χ4n) is 0. The van der Waals surface area contributed by atoms with Crippen LogP contribution in [0.25, 0.3) is 0 Å². The molecule has 4 N–H and O–H groups in total. The van der Waals surface area contributed by atoms with E-state index in [1.165, 1.54) is 0 Å². The van der Waals surface area contributed by atoms with E-state index in [-0.39, 0.29) is 58.6 Å². The van der Waals surface area contributed by atoms with Crippen molar-refractivity contribution in [3.05, 3.63) is 0 Å². The van der Waals surface area contributed by atoms with Crippen molar-refractivity contribution >= 4 is 9.05 Å². The molecule has 0 aliphatic carbocycles. The van der Waals surface area contributed by atoms with Gasteiger partial charge in [0.25, 0.3) is 0 Å². The van der Waals surface area contributed by atoms with Crippen LogP contribution in [0.5, 0.6) is 0 Å². The summed E-state index contributed by atoms with van der Waals surface area (Å²) >= 11 is 0. The molecule has 0 aliphatic heterocycles. The summed E-state index contributed by atoms with van der Waals surface area (Å²) in [6, 6.07) is 0. The van der Waals surface area contributed by atoms with Gasteiger partial charge in [-0.1, -0.05) is 0 Å². The van der Waals surface area contributed by atoms with Crippen LogP contribution in [0.1, 0.15) is 0 Å². The van der Waals surface area contributed by atoms with E-state index in [4.69, 9.17) is 19.2 Å². The summed E-state index contributed by atoms with van der Waals surface area (Å²) in [7, 11) is -4.61. The maximum absolute atomic E-state index is 7.33. The van der Waals surface area contributed by atoms with E-state index in [0.29, 0.717) is 0 Å². The molecular formula is H4O4ScSiY. The van der Waals surface area contributed by atoms with Crippen molar-refractivity contribution in [2.24, 2.45) is 0 Å². The van der Waals surface area contributed by atoms with E-state index < -0.39 is 9.05 Å². The second-order valence-electron chi connectivity index (χ2n) is 0.600. The molecule has 0 saturated heterocycles. The molecule has 7 heavy (non-hydrogen) atoms. The molecule has 0 bridgehead atoms. The zero-order chi connectivity index (χ0) is 4.50. The van der Waals surface area contributed by atoms with Crippen LogP contribution >= 0.6 is 0 Å². The van der Waals surface area contributed by atoms with E-state index in [2.05, 4.69) is 0 Å². The molecule has 0 spiro atoms. The minimum Gasteiger partial charge on any atom is -0.368 e. The summed E-state index contributed by atoms with van der Waals surface area (Å²) in [6.45, 7) is 0. The fraction of sp³-hybridized carbons (Fsp3) is 0. The minimum atomic E-state index is -4.61. The van der Waals surface area contributed by atoms with Crippen LogP contribution in [-0.4, -0.2) is 28.2 Å². The van der Waals surface area contributed by atoms with Crippen molar-refractivity contribution in [2.75, 3.05) is 0 Å². The Morgan fingerprint density at radius 1 is 0.857 bits per heavy atom. The zero-order valence-corrected chi connectivity index (χ0v) is 9.08. The Balaban J connectivity index is -0.0000000800. The Morgan fingerprint density at radius 3 is 0.857 bits per heavy atom. The van der Waals surface area contributed by atoms with Crippen molar-refractivity contribution in [3.8, 4) is 0 Å². The summed E-state index contributed by atoms with van der Waals surface area (Å²) in [4.78, 5) is 29.3. The minimum absolute atomic E-state index is 0. The summed E-state index contributed by atoms with van der Waals surface area (Å²) in [5.74, 6) is 0. The first kappa shape index (κ1) is 16.0. The van der Waals surface area contributed by atoms with Gasteiger partial charge in [-0.05, 0) is 0 Å². The number of hydrogen-bond acceptors (Lipinski definition) is 4. The third kappa shape index (κ3) is 70.8. The standard InChI is InChI=1S/H4O4Si.Sc.Y/c1-5(2,3)4;;/h1-4H;;. The van der Waals surface area contributed by atoms with Crippen LogP contribution in [0.4, 0.5) is 0 Å². The molecule has 4 nitrogen and oxygen atoms in total. The second-order valence-corrected chi connectivity index (χ2v) is 1.80. The molecule has 0 saturated carbocycles. The van der Waals surface area contributed by atoms with E-state index in [9.17, 15) is 0 Å². The van der Waals surface area contributed by atoms with Gasteiger partial charge >= 0.3 is 9.05 Å². The van der Waals surface area contributed by atoms with Gasteiger partial charge in [-0.25, -0.2) is 0 Å². The van der Waals surface area contributed by atoms with Crippen molar-refractivity contribution in [2.45, 2.75) is 0 Å². The first-order valence-electron chi connectivity index (χ1n) is 0.894. The summed E-state index contributed by atoms with van der Waals surface area (Å²) in [5, 5.41) is 0.